The third-order valence-electron chi connectivity index (χ3n) is 6.38. The van der Waals surface area contributed by atoms with Crippen molar-refractivity contribution in [3.05, 3.63) is 57.8 Å². The number of hydrogen-bond acceptors (Lipinski definition) is 4. The van der Waals surface area contributed by atoms with Crippen LogP contribution in [0.3, 0.4) is 0 Å². The van der Waals surface area contributed by atoms with Gasteiger partial charge in [0.25, 0.3) is 0 Å². The Hall–Kier alpha value is -2.30. The Bertz CT molecular complexity index is 1200. The van der Waals surface area contributed by atoms with E-state index >= 15 is 0 Å². The number of hydrogen-bond donors (Lipinski definition) is 1. The molecule has 0 spiro atoms. The second-order valence-electron chi connectivity index (χ2n) is 8.61. The van der Waals surface area contributed by atoms with Gasteiger partial charge >= 0.3 is 0 Å². The minimum absolute atomic E-state index is 0.0414. The van der Waals surface area contributed by atoms with Gasteiger partial charge in [0, 0.05) is 42.8 Å². The molecule has 1 saturated heterocycles. The van der Waals surface area contributed by atoms with E-state index in [0.29, 0.717) is 48.9 Å². The molecule has 0 aromatic heterocycles. The van der Waals surface area contributed by atoms with E-state index in [1.807, 2.05) is 0 Å². The highest BCUT2D eigenvalue weighted by molar-refractivity contribution is 9.10. The molecule has 1 N–H and O–H groups in total. The standard InChI is InChI=1S/C24H27BrFN3O4S/c1-2-23(30)29-11-9-17-12-20(25)22(13-21(17)29)34(32,33)28-10-3-4-18(15-28)24(31)27-14-16-5-7-19(26)8-6-16/h5-8,12-13,18H,2-4,9-11,14-15H2,1H3,(H,27,31). The van der Waals surface area contributed by atoms with Crippen molar-refractivity contribution in [2.24, 2.45) is 5.92 Å². The van der Waals surface area contributed by atoms with Crippen molar-refractivity contribution in [3.63, 3.8) is 0 Å². The summed E-state index contributed by atoms with van der Waals surface area (Å²) in [6.45, 7) is 2.98. The van der Waals surface area contributed by atoms with Crippen LogP contribution >= 0.6 is 15.9 Å². The number of rotatable bonds is 6. The van der Waals surface area contributed by atoms with Crippen molar-refractivity contribution < 1.29 is 22.4 Å². The predicted molar refractivity (Wildman–Crippen MR) is 130 cm³/mol. The van der Waals surface area contributed by atoms with Crippen molar-refractivity contribution in [2.75, 3.05) is 24.5 Å². The highest BCUT2D eigenvalue weighted by Crippen LogP contribution is 2.37. The van der Waals surface area contributed by atoms with Crippen molar-refractivity contribution in [3.8, 4) is 0 Å². The number of anilines is 1. The van der Waals surface area contributed by atoms with Gasteiger partial charge in [0.15, 0.2) is 0 Å². The summed E-state index contributed by atoms with van der Waals surface area (Å²) in [7, 11) is -3.88. The normalized spacial score (nSPS) is 18.6. The molecule has 2 aliphatic heterocycles. The van der Waals surface area contributed by atoms with E-state index in [-0.39, 0.29) is 35.6 Å². The number of nitrogens with zero attached hydrogens (tertiary/aromatic N) is 2. The zero-order valence-electron chi connectivity index (χ0n) is 18.9. The van der Waals surface area contributed by atoms with E-state index in [0.717, 1.165) is 11.1 Å². The Morgan fingerprint density at radius 3 is 2.62 bits per heavy atom. The predicted octanol–water partition coefficient (Wildman–Crippen LogP) is 3.60. The fourth-order valence-electron chi connectivity index (χ4n) is 4.49. The van der Waals surface area contributed by atoms with Crippen LogP contribution < -0.4 is 10.2 Å². The minimum Gasteiger partial charge on any atom is -0.352 e. The zero-order valence-corrected chi connectivity index (χ0v) is 21.3. The molecule has 4 rings (SSSR count). The smallest absolute Gasteiger partial charge is 0.244 e. The SMILES string of the molecule is CCC(=O)N1CCc2cc(Br)c(S(=O)(=O)N3CCCC(C(=O)NCc4ccc(F)cc4)C3)cc21. The molecule has 34 heavy (non-hydrogen) atoms. The summed E-state index contributed by atoms with van der Waals surface area (Å²) in [5.41, 5.74) is 2.34. The molecular formula is C24H27BrFN3O4S. The van der Waals surface area contributed by atoms with E-state index in [2.05, 4.69) is 21.2 Å². The van der Waals surface area contributed by atoms with Crippen LogP contribution in [0, 0.1) is 11.7 Å². The van der Waals surface area contributed by atoms with Gasteiger partial charge < -0.3 is 10.2 Å². The number of benzene rings is 2. The van der Waals surface area contributed by atoms with Gasteiger partial charge in [0.2, 0.25) is 21.8 Å². The second kappa shape index (κ2) is 10.1. The highest BCUT2D eigenvalue weighted by Gasteiger charge is 2.36. The lowest BCUT2D eigenvalue weighted by Crippen LogP contribution is -2.45. The van der Waals surface area contributed by atoms with E-state index in [1.54, 1.807) is 36.1 Å². The topological polar surface area (TPSA) is 86.8 Å². The number of sulfonamides is 1. The fourth-order valence-corrected chi connectivity index (χ4v) is 7.08. The van der Waals surface area contributed by atoms with E-state index in [1.165, 1.54) is 16.4 Å². The summed E-state index contributed by atoms with van der Waals surface area (Å²) in [6, 6.07) is 9.23. The van der Waals surface area contributed by atoms with Crippen LogP contribution in [-0.2, 0) is 32.6 Å². The first-order valence-corrected chi connectivity index (χ1v) is 13.6. The maximum absolute atomic E-state index is 13.6. The third-order valence-corrected chi connectivity index (χ3v) is 9.21. The molecule has 2 amide bonds. The highest BCUT2D eigenvalue weighted by atomic mass is 79.9. The summed E-state index contributed by atoms with van der Waals surface area (Å²) >= 11 is 3.41. The van der Waals surface area contributed by atoms with Crippen LogP contribution in [0.4, 0.5) is 10.1 Å². The van der Waals surface area contributed by atoms with Crippen molar-refractivity contribution in [2.45, 2.75) is 44.0 Å². The lowest BCUT2D eigenvalue weighted by molar-refractivity contribution is -0.126. The molecule has 0 saturated carbocycles. The zero-order chi connectivity index (χ0) is 24.5. The Morgan fingerprint density at radius 1 is 1.18 bits per heavy atom. The average molecular weight is 552 g/mol. The van der Waals surface area contributed by atoms with Gasteiger partial charge in [-0.1, -0.05) is 19.1 Å². The number of halogens is 2. The number of piperidine rings is 1. The molecule has 7 nitrogen and oxygen atoms in total. The van der Waals surface area contributed by atoms with E-state index in [4.69, 9.17) is 0 Å². The van der Waals surface area contributed by atoms with Crippen LogP contribution in [0.5, 0.6) is 0 Å². The summed E-state index contributed by atoms with van der Waals surface area (Å²) in [5, 5.41) is 2.83. The first kappa shape index (κ1) is 24.8. The molecule has 1 atom stereocenters. The lowest BCUT2D eigenvalue weighted by Gasteiger charge is -2.31. The molecule has 2 aliphatic rings. The van der Waals surface area contributed by atoms with Gasteiger partial charge in [-0.3, -0.25) is 9.59 Å². The Morgan fingerprint density at radius 2 is 1.91 bits per heavy atom. The quantitative estimate of drug-likeness (QED) is 0.594. The Balaban J connectivity index is 1.50. The molecule has 2 aromatic rings. The lowest BCUT2D eigenvalue weighted by atomic mass is 9.99. The molecule has 2 aromatic carbocycles. The molecule has 1 unspecified atom stereocenters. The number of amides is 2. The van der Waals surface area contributed by atoms with Gasteiger partial charge in [-0.05, 0) is 70.6 Å². The first-order valence-electron chi connectivity index (χ1n) is 11.4. The van der Waals surface area contributed by atoms with Gasteiger partial charge in [-0.2, -0.15) is 4.31 Å². The van der Waals surface area contributed by atoms with Crippen LogP contribution in [-0.4, -0.2) is 44.2 Å². The Kier molecular flexibility index (Phi) is 7.39. The monoisotopic (exact) mass is 551 g/mol. The summed E-state index contributed by atoms with van der Waals surface area (Å²) in [6.07, 6.45) is 2.18. The molecule has 182 valence electrons. The second-order valence-corrected chi connectivity index (χ2v) is 11.4. The molecule has 0 radical (unpaired) electrons. The molecule has 2 heterocycles. The van der Waals surface area contributed by atoms with Crippen LogP contribution in [0.25, 0.3) is 0 Å². The number of nitrogens with one attached hydrogen (secondary N) is 1. The minimum atomic E-state index is -3.88. The van der Waals surface area contributed by atoms with Crippen molar-refractivity contribution in [1.82, 2.24) is 9.62 Å². The largest absolute Gasteiger partial charge is 0.352 e. The number of fused-ring (bicyclic) bond motifs is 1. The number of carbonyl (C=O) groups is 2. The van der Waals surface area contributed by atoms with Gasteiger partial charge in [0.1, 0.15) is 5.82 Å². The molecular weight excluding hydrogens is 525 g/mol. The average Bonchev–Trinajstić information content (AvgIpc) is 3.25. The summed E-state index contributed by atoms with van der Waals surface area (Å²) < 4.78 is 42.0. The Labute approximate surface area is 207 Å². The third kappa shape index (κ3) is 5.04. The van der Waals surface area contributed by atoms with Gasteiger partial charge in [-0.15, -0.1) is 0 Å². The van der Waals surface area contributed by atoms with Gasteiger partial charge in [0.05, 0.1) is 10.8 Å². The van der Waals surface area contributed by atoms with Crippen molar-refractivity contribution >= 4 is 43.5 Å². The van der Waals surface area contributed by atoms with Crippen LogP contribution in [0.2, 0.25) is 0 Å². The van der Waals surface area contributed by atoms with Crippen LogP contribution in [0.15, 0.2) is 45.8 Å². The summed E-state index contributed by atoms with van der Waals surface area (Å²) in [4.78, 5) is 26.8. The van der Waals surface area contributed by atoms with Gasteiger partial charge in [-0.25, -0.2) is 12.8 Å². The van der Waals surface area contributed by atoms with Crippen LogP contribution in [0.1, 0.15) is 37.3 Å². The molecule has 0 aliphatic carbocycles. The fraction of sp³-hybridized carbons (Fsp3) is 0.417. The molecule has 1 fully saturated rings. The number of carbonyl (C=O) groups excluding carboxylic acids is 2. The van der Waals surface area contributed by atoms with E-state index in [9.17, 15) is 22.4 Å². The maximum Gasteiger partial charge on any atom is 0.244 e. The van der Waals surface area contributed by atoms with Crippen molar-refractivity contribution in [1.29, 1.82) is 0 Å². The van der Waals surface area contributed by atoms with E-state index < -0.39 is 15.9 Å². The molecule has 10 heteroatoms. The first-order chi connectivity index (χ1) is 16.2. The summed E-state index contributed by atoms with van der Waals surface area (Å²) in [5.74, 6) is -1.09. The molecule has 0 bridgehead atoms. The maximum atomic E-state index is 13.6.